The molecule has 2 aromatic rings. The number of terminal acetylenes is 2. The fourth-order valence-corrected chi connectivity index (χ4v) is 1.43. The van der Waals surface area contributed by atoms with Crippen LogP contribution in [0.2, 0.25) is 0 Å². The number of fused-ring (bicyclic) bond motifs is 1. The van der Waals surface area contributed by atoms with E-state index in [4.69, 9.17) is 12.8 Å². The molecule has 2 radical (unpaired) electrons. The van der Waals surface area contributed by atoms with Gasteiger partial charge in [-0.25, -0.2) is 0 Å². The molecule has 0 nitrogen and oxygen atoms in total. The summed E-state index contributed by atoms with van der Waals surface area (Å²) in [5, 5.41) is 2.25. The molecule has 0 fully saturated rings. The topological polar surface area (TPSA) is 0 Å². The summed E-state index contributed by atoms with van der Waals surface area (Å²) in [4.78, 5) is 0. The Morgan fingerprint density at radius 3 is 1.38 bits per heavy atom. The van der Waals surface area contributed by atoms with Gasteiger partial charge >= 0.3 is 0 Å². The zero-order valence-corrected chi connectivity index (χ0v) is 9.62. The smallest absolute Gasteiger partial charge is 0.0248 e. The molecule has 16 heavy (non-hydrogen) atoms. The van der Waals surface area contributed by atoms with Crippen LogP contribution >= 0.6 is 0 Å². The largest absolute Gasteiger partial charge is 0.115 e. The zero-order chi connectivity index (χ0) is 9.97. The van der Waals surface area contributed by atoms with Crippen LogP contribution in [0.1, 0.15) is 11.1 Å². The van der Waals surface area contributed by atoms with Gasteiger partial charge in [-0.2, -0.15) is 0 Å². The molecule has 0 saturated heterocycles. The average Bonchev–Trinajstić information content (AvgIpc) is 2.27. The minimum atomic E-state index is 0. The van der Waals surface area contributed by atoms with Gasteiger partial charge < -0.3 is 0 Å². The van der Waals surface area contributed by atoms with Gasteiger partial charge in [-0.3, -0.25) is 0 Å². The Hall–Kier alpha value is -0.985. The molecule has 2 rings (SSSR count). The number of benzene rings is 2. The predicted molar refractivity (Wildman–Crippen MR) is 71.3 cm³/mol. The van der Waals surface area contributed by atoms with E-state index in [1.807, 2.05) is 36.4 Å². The second-order valence-electron chi connectivity index (χ2n) is 3.07. The maximum atomic E-state index is 5.31. The van der Waals surface area contributed by atoms with Crippen molar-refractivity contribution in [3.05, 3.63) is 47.5 Å². The van der Waals surface area contributed by atoms with E-state index in [1.165, 1.54) is 0 Å². The molecule has 2 aromatic carbocycles. The molecular weight excluding hydrogens is 182 g/mol. The third-order valence-electron chi connectivity index (χ3n) is 2.17. The Bertz CT molecular complexity index is 518. The quantitative estimate of drug-likeness (QED) is 0.440. The summed E-state index contributed by atoms with van der Waals surface area (Å²) in [6.07, 6.45) is 10.6. The fraction of sp³-hybridized carbons (Fsp3) is 0. The maximum absolute atomic E-state index is 5.31. The average molecular weight is 190 g/mol. The Morgan fingerprint density at radius 2 is 1.06 bits per heavy atom. The third-order valence-corrected chi connectivity index (χ3v) is 2.17. The number of hydrogen-bond donors (Lipinski definition) is 0. The number of hydrogen-bond acceptors (Lipinski definition) is 0. The van der Waals surface area contributed by atoms with E-state index in [0.717, 1.165) is 21.9 Å². The van der Waals surface area contributed by atoms with Crippen molar-refractivity contribution >= 4 is 48.5 Å². The molecule has 0 aliphatic carbocycles. The first-order chi connectivity index (χ1) is 6.83. The summed E-state index contributed by atoms with van der Waals surface area (Å²) in [7, 11) is 0. The fourth-order valence-electron chi connectivity index (χ4n) is 1.43. The molecular formula is C14H8Li2. The summed E-state index contributed by atoms with van der Waals surface area (Å²) in [6, 6.07) is 11.8. The van der Waals surface area contributed by atoms with Crippen molar-refractivity contribution in [1.82, 2.24) is 0 Å². The van der Waals surface area contributed by atoms with Gasteiger partial charge in [0.25, 0.3) is 0 Å². The first-order valence-corrected chi connectivity index (χ1v) is 4.30. The molecule has 0 aliphatic heterocycles. The van der Waals surface area contributed by atoms with Crippen molar-refractivity contribution in [2.45, 2.75) is 0 Å². The Morgan fingerprint density at radius 1 is 0.688 bits per heavy atom. The van der Waals surface area contributed by atoms with Crippen molar-refractivity contribution < 1.29 is 0 Å². The first-order valence-electron chi connectivity index (χ1n) is 4.30. The van der Waals surface area contributed by atoms with Crippen molar-refractivity contribution in [3.63, 3.8) is 0 Å². The van der Waals surface area contributed by atoms with E-state index in [0.29, 0.717) is 0 Å². The van der Waals surface area contributed by atoms with Gasteiger partial charge in [0.1, 0.15) is 0 Å². The summed E-state index contributed by atoms with van der Waals surface area (Å²) >= 11 is 0. The Balaban J connectivity index is 0.00000112. The molecule has 0 amide bonds. The molecule has 0 atom stereocenters. The van der Waals surface area contributed by atoms with Crippen LogP contribution < -0.4 is 0 Å². The van der Waals surface area contributed by atoms with E-state index in [2.05, 4.69) is 11.8 Å². The molecule has 2 heteroatoms. The van der Waals surface area contributed by atoms with Gasteiger partial charge in [0, 0.05) is 48.8 Å². The third kappa shape index (κ3) is 3.00. The second-order valence-corrected chi connectivity index (χ2v) is 3.07. The van der Waals surface area contributed by atoms with Gasteiger partial charge in [-0.1, -0.05) is 24.0 Å². The van der Waals surface area contributed by atoms with E-state index in [9.17, 15) is 0 Å². The van der Waals surface area contributed by atoms with Crippen LogP contribution in [0.3, 0.4) is 0 Å². The zero-order valence-electron chi connectivity index (χ0n) is 9.62. The monoisotopic (exact) mass is 190 g/mol. The Labute approximate surface area is 120 Å². The molecule has 66 valence electrons. The van der Waals surface area contributed by atoms with Crippen LogP contribution in [-0.4, -0.2) is 37.7 Å². The first kappa shape index (κ1) is 15.0. The summed E-state index contributed by atoms with van der Waals surface area (Å²) in [6.45, 7) is 0. The normalized spacial score (nSPS) is 8.12. The van der Waals surface area contributed by atoms with Gasteiger partial charge in [-0.15, -0.1) is 12.8 Å². The second kappa shape index (κ2) is 6.57. The van der Waals surface area contributed by atoms with Crippen LogP contribution in [0.15, 0.2) is 36.4 Å². The van der Waals surface area contributed by atoms with E-state index >= 15 is 0 Å². The molecule has 0 heterocycles. The minimum absolute atomic E-state index is 0. The molecule has 0 N–H and O–H groups in total. The van der Waals surface area contributed by atoms with Crippen molar-refractivity contribution in [3.8, 4) is 24.7 Å². The van der Waals surface area contributed by atoms with Crippen LogP contribution in [0.5, 0.6) is 0 Å². The molecule has 0 aromatic heterocycles. The van der Waals surface area contributed by atoms with E-state index in [1.54, 1.807) is 0 Å². The van der Waals surface area contributed by atoms with E-state index in [-0.39, 0.29) is 37.7 Å². The summed E-state index contributed by atoms with van der Waals surface area (Å²) in [5.74, 6) is 5.21. The summed E-state index contributed by atoms with van der Waals surface area (Å²) < 4.78 is 0. The predicted octanol–water partition coefficient (Wildman–Crippen LogP) is 2.04. The molecule has 0 unspecified atom stereocenters. The van der Waals surface area contributed by atoms with Gasteiger partial charge in [-0.05, 0) is 35.0 Å². The van der Waals surface area contributed by atoms with Crippen molar-refractivity contribution in [2.24, 2.45) is 0 Å². The van der Waals surface area contributed by atoms with Gasteiger partial charge in [0.15, 0.2) is 0 Å². The van der Waals surface area contributed by atoms with Crippen LogP contribution in [0.25, 0.3) is 10.8 Å². The Kier molecular flexibility index (Phi) is 6.16. The molecule has 0 bridgehead atoms. The standard InChI is InChI=1S/C14H8.2Li/c1-3-11-5-7-14-10-12(4-2)6-8-13(14)9-11;;/h1-2,5-10H;;. The minimum Gasteiger partial charge on any atom is -0.115 e. The molecule has 0 aliphatic rings. The van der Waals surface area contributed by atoms with Crippen LogP contribution in [-0.2, 0) is 0 Å². The number of rotatable bonds is 0. The maximum Gasteiger partial charge on any atom is 0.0248 e. The van der Waals surface area contributed by atoms with Gasteiger partial charge in [0.2, 0.25) is 0 Å². The molecule has 0 saturated carbocycles. The summed E-state index contributed by atoms with van der Waals surface area (Å²) in [5.41, 5.74) is 1.79. The van der Waals surface area contributed by atoms with Crippen molar-refractivity contribution in [1.29, 1.82) is 0 Å². The molecule has 0 spiro atoms. The van der Waals surface area contributed by atoms with E-state index < -0.39 is 0 Å². The SMILES string of the molecule is C#Cc1ccc2cc(C#C)ccc2c1.[Li].[Li]. The van der Waals surface area contributed by atoms with Gasteiger partial charge in [0.05, 0.1) is 0 Å². The van der Waals surface area contributed by atoms with Crippen LogP contribution in [0, 0.1) is 24.7 Å². The van der Waals surface area contributed by atoms with Crippen LogP contribution in [0.4, 0.5) is 0 Å². The van der Waals surface area contributed by atoms with Crippen molar-refractivity contribution in [2.75, 3.05) is 0 Å².